The zero-order valence-electron chi connectivity index (χ0n) is 10.5. The van der Waals surface area contributed by atoms with Crippen molar-refractivity contribution >= 4 is 0 Å². The van der Waals surface area contributed by atoms with Gasteiger partial charge in [0.05, 0.1) is 0 Å². The average Bonchev–Trinajstić information content (AvgIpc) is 2.32. The van der Waals surface area contributed by atoms with Crippen LogP contribution >= 0.6 is 0 Å². The van der Waals surface area contributed by atoms with Crippen LogP contribution in [0.15, 0.2) is 30.3 Å². The van der Waals surface area contributed by atoms with E-state index in [1.54, 1.807) is 0 Å². The van der Waals surface area contributed by atoms with Gasteiger partial charge in [-0.05, 0) is 25.3 Å². The van der Waals surface area contributed by atoms with E-state index >= 15 is 0 Å². The van der Waals surface area contributed by atoms with E-state index in [1.807, 2.05) is 37.3 Å². The predicted molar refractivity (Wildman–Crippen MR) is 67.8 cm³/mol. The Kier molecular flexibility index (Phi) is 4.97. The lowest BCUT2D eigenvalue weighted by Crippen LogP contribution is -2.45. The second-order valence-corrected chi connectivity index (χ2v) is 3.85. The van der Waals surface area contributed by atoms with Crippen LogP contribution in [0.1, 0.15) is 39.2 Å². The zero-order chi connectivity index (χ0) is 12.0. The van der Waals surface area contributed by atoms with Crippen molar-refractivity contribution in [2.45, 2.75) is 39.3 Å². The monoisotopic (exact) mass is 220 g/mol. The SMILES string of the molecule is CCOC(N)([C](CC)CC)c1ccccc1. The lowest BCUT2D eigenvalue weighted by atomic mass is 9.85. The molecule has 1 rings (SSSR count). The summed E-state index contributed by atoms with van der Waals surface area (Å²) < 4.78 is 5.80. The molecule has 2 N–H and O–H groups in total. The van der Waals surface area contributed by atoms with Crippen LogP contribution in [0.3, 0.4) is 0 Å². The summed E-state index contributed by atoms with van der Waals surface area (Å²) in [6, 6.07) is 10.0. The molecule has 1 unspecified atom stereocenters. The highest BCUT2D eigenvalue weighted by Crippen LogP contribution is 2.34. The fourth-order valence-corrected chi connectivity index (χ4v) is 2.08. The van der Waals surface area contributed by atoms with Gasteiger partial charge in [0.1, 0.15) is 5.72 Å². The van der Waals surface area contributed by atoms with E-state index in [-0.39, 0.29) is 0 Å². The van der Waals surface area contributed by atoms with Gasteiger partial charge in [-0.15, -0.1) is 0 Å². The Morgan fingerprint density at radius 2 is 1.69 bits per heavy atom. The van der Waals surface area contributed by atoms with Gasteiger partial charge in [0.2, 0.25) is 0 Å². The molecule has 0 saturated carbocycles. The number of nitrogens with two attached hydrogens (primary N) is 1. The smallest absolute Gasteiger partial charge is 0.149 e. The molecular weight excluding hydrogens is 198 g/mol. The highest BCUT2D eigenvalue weighted by molar-refractivity contribution is 5.28. The third kappa shape index (κ3) is 2.63. The summed E-state index contributed by atoms with van der Waals surface area (Å²) >= 11 is 0. The van der Waals surface area contributed by atoms with Crippen LogP contribution in [0, 0.1) is 5.92 Å². The van der Waals surface area contributed by atoms with Gasteiger partial charge in [-0.25, -0.2) is 0 Å². The molecule has 0 aliphatic rings. The van der Waals surface area contributed by atoms with Crippen molar-refractivity contribution < 1.29 is 4.74 Å². The van der Waals surface area contributed by atoms with Crippen molar-refractivity contribution in [1.29, 1.82) is 0 Å². The van der Waals surface area contributed by atoms with Crippen LogP contribution in [0.25, 0.3) is 0 Å². The highest BCUT2D eigenvalue weighted by atomic mass is 16.5. The molecule has 0 aliphatic carbocycles. The van der Waals surface area contributed by atoms with E-state index in [0.717, 1.165) is 18.4 Å². The molecule has 1 aromatic carbocycles. The molecule has 0 spiro atoms. The molecule has 0 aromatic heterocycles. The van der Waals surface area contributed by atoms with Gasteiger partial charge < -0.3 is 4.74 Å². The van der Waals surface area contributed by atoms with Crippen LogP contribution in [0.2, 0.25) is 0 Å². The summed E-state index contributed by atoms with van der Waals surface area (Å²) in [6.07, 6.45) is 1.89. The van der Waals surface area contributed by atoms with Crippen molar-refractivity contribution in [1.82, 2.24) is 0 Å². The predicted octanol–water partition coefficient (Wildman–Crippen LogP) is 3.23. The van der Waals surface area contributed by atoms with E-state index in [2.05, 4.69) is 13.8 Å². The molecule has 0 saturated heterocycles. The molecule has 0 amide bonds. The lowest BCUT2D eigenvalue weighted by molar-refractivity contribution is -0.0326. The molecule has 1 radical (unpaired) electrons. The molecule has 0 heterocycles. The highest BCUT2D eigenvalue weighted by Gasteiger charge is 2.35. The lowest BCUT2D eigenvalue weighted by Gasteiger charge is -2.36. The molecule has 0 bridgehead atoms. The normalized spacial score (nSPS) is 15.1. The quantitative estimate of drug-likeness (QED) is 0.747. The summed E-state index contributed by atoms with van der Waals surface area (Å²) in [7, 11) is 0. The van der Waals surface area contributed by atoms with E-state index in [1.165, 1.54) is 5.92 Å². The maximum Gasteiger partial charge on any atom is 0.149 e. The number of rotatable bonds is 6. The van der Waals surface area contributed by atoms with Gasteiger partial charge in [-0.1, -0.05) is 44.2 Å². The molecule has 2 nitrogen and oxygen atoms in total. The largest absolute Gasteiger partial charge is 0.356 e. The number of benzene rings is 1. The topological polar surface area (TPSA) is 35.2 Å². The number of hydrogen-bond donors (Lipinski definition) is 1. The Hall–Kier alpha value is -0.860. The Morgan fingerprint density at radius 3 is 2.12 bits per heavy atom. The van der Waals surface area contributed by atoms with Gasteiger partial charge >= 0.3 is 0 Å². The van der Waals surface area contributed by atoms with Gasteiger partial charge in [0.25, 0.3) is 0 Å². The molecule has 0 aliphatic heterocycles. The van der Waals surface area contributed by atoms with Crippen LogP contribution in [0.5, 0.6) is 0 Å². The molecule has 0 fully saturated rings. The summed E-state index contributed by atoms with van der Waals surface area (Å²) in [5, 5.41) is 0. The number of hydrogen-bond acceptors (Lipinski definition) is 2. The average molecular weight is 220 g/mol. The van der Waals surface area contributed by atoms with Crippen molar-refractivity contribution in [2.24, 2.45) is 5.73 Å². The summed E-state index contributed by atoms with van der Waals surface area (Å²) in [4.78, 5) is 0. The molecule has 89 valence electrons. The van der Waals surface area contributed by atoms with Crippen molar-refractivity contribution in [3.63, 3.8) is 0 Å². The second-order valence-electron chi connectivity index (χ2n) is 3.85. The van der Waals surface area contributed by atoms with Crippen LogP contribution in [0.4, 0.5) is 0 Å². The third-order valence-corrected chi connectivity index (χ3v) is 2.95. The summed E-state index contributed by atoms with van der Waals surface area (Å²) in [5.41, 5.74) is 6.75. The van der Waals surface area contributed by atoms with Crippen molar-refractivity contribution in [3.8, 4) is 0 Å². The molecule has 16 heavy (non-hydrogen) atoms. The Labute approximate surface area is 98.8 Å². The fourth-order valence-electron chi connectivity index (χ4n) is 2.08. The Balaban J connectivity index is 3.05. The van der Waals surface area contributed by atoms with Crippen LogP contribution in [-0.2, 0) is 10.5 Å². The van der Waals surface area contributed by atoms with E-state index in [0.29, 0.717) is 6.61 Å². The number of ether oxygens (including phenoxy) is 1. The van der Waals surface area contributed by atoms with Crippen molar-refractivity contribution in [2.75, 3.05) is 6.61 Å². The minimum Gasteiger partial charge on any atom is -0.356 e. The Bertz CT molecular complexity index is 295. The summed E-state index contributed by atoms with van der Waals surface area (Å²) in [5.74, 6) is 1.24. The maximum absolute atomic E-state index is 6.44. The van der Waals surface area contributed by atoms with Gasteiger partial charge in [0.15, 0.2) is 0 Å². The first-order valence-corrected chi connectivity index (χ1v) is 6.02. The molecule has 1 atom stereocenters. The van der Waals surface area contributed by atoms with Crippen LogP contribution < -0.4 is 5.73 Å². The maximum atomic E-state index is 6.44. The minimum absolute atomic E-state index is 0.620. The molecular formula is C14H22NO. The fraction of sp³-hybridized carbons (Fsp3) is 0.500. The molecule has 1 aromatic rings. The van der Waals surface area contributed by atoms with Crippen molar-refractivity contribution in [3.05, 3.63) is 41.8 Å². The standard InChI is InChI=1S/C14H22NO/c1-4-12(5-2)14(15,16-6-3)13-10-8-7-9-11-13/h7-11H,4-6,15H2,1-3H3. The second kappa shape index (κ2) is 6.02. The zero-order valence-corrected chi connectivity index (χ0v) is 10.5. The van der Waals surface area contributed by atoms with Gasteiger partial charge in [0, 0.05) is 12.5 Å². The first kappa shape index (κ1) is 13.2. The first-order chi connectivity index (χ1) is 7.69. The van der Waals surface area contributed by atoms with Gasteiger partial charge in [-0.2, -0.15) is 0 Å². The summed E-state index contributed by atoms with van der Waals surface area (Å²) in [6.45, 7) is 6.85. The molecule has 2 heteroatoms. The third-order valence-electron chi connectivity index (χ3n) is 2.95. The minimum atomic E-state index is -0.723. The van der Waals surface area contributed by atoms with E-state index in [4.69, 9.17) is 10.5 Å². The Morgan fingerprint density at radius 1 is 1.12 bits per heavy atom. The van der Waals surface area contributed by atoms with Gasteiger partial charge in [-0.3, -0.25) is 5.73 Å². The first-order valence-electron chi connectivity index (χ1n) is 6.02. The van der Waals surface area contributed by atoms with E-state index in [9.17, 15) is 0 Å². The van der Waals surface area contributed by atoms with E-state index < -0.39 is 5.72 Å². The van der Waals surface area contributed by atoms with Crippen LogP contribution in [-0.4, -0.2) is 6.61 Å².